The van der Waals surface area contributed by atoms with Gasteiger partial charge in [-0.05, 0) is 47.5 Å². The maximum absolute atomic E-state index is 12.9. The molecule has 2 amide bonds. The van der Waals surface area contributed by atoms with Crippen molar-refractivity contribution < 1.29 is 28.0 Å². The highest BCUT2D eigenvalue weighted by atomic mass is 32.2. The molecule has 12 nitrogen and oxygen atoms in total. The normalized spacial score (nSPS) is 12.1. The third-order valence-corrected chi connectivity index (χ3v) is 8.83. The zero-order valence-corrected chi connectivity index (χ0v) is 22.6. The van der Waals surface area contributed by atoms with Crippen LogP contribution in [0.3, 0.4) is 0 Å². The van der Waals surface area contributed by atoms with Crippen LogP contribution in [0.25, 0.3) is 10.4 Å². The van der Waals surface area contributed by atoms with E-state index in [0.717, 1.165) is 22.5 Å². The summed E-state index contributed by atoms with van der Waals surface area (Å²) < 4.78 is 34.9. The molecule has 4 N–H and O–H groups in total. The van der Waals surface area contributed by atoms with Gasteiger partial charge in [-0.15, -0.1) is 16.4 Å². The number of rotatable bonds is 11. The number of benzene rings is 2. The second-order valence-electron chi connectivity index (χ2n) is 8.34. The van der Waals surface area contributed by atoms with Crippen LogP contribution in [0.15, 0.2) is 71.1 Å². The van der Waals surface area contributed by atoms with E-state index in [1.54, 1.807) is 67.2 Å². The highest BCUT2D eigenvalue weighted by molar-refractivity contribution is 7.91. The molecule has 1 unspecified atom stereocenters. The summed E-state index contributed by atoms with van der Waals surface area (Å²) in [5, 5.41) is 19.7. The zero-order valence-electron chi connectivity index (χ0n) is 21.0. The molecule has 0 spiro atoms. The van der Waals surface area contributed by atoms with Crippen LogP contribution >= 0.6 is 11.3 Å². The van der Waals surface area contributed by atoms with Crippen LogP contribution in [-0.2, 0) is 27.8 Å². The summed E-state index contributed by atoms with van der Waals surface area (Å²) in [4.78, 5) is 25.0. The smallest absolute Gasteiger partial charge is 0.268 e. The molecule has 0 aliphatic carbocycles. The minimum Gasteiger partial charge on any atom is -0.497 e. The number of hydroxylamine groups is 1. The van der Waals surface area contributed by atoms with Gasteiger partial charge in [0.25, 0.3) is 11.8 Å². The predicted molar refractivity (Wildman–Crippen MR) is 143 cm³/mol. The molecule has 0 aliphatic rings. The molecule has 39 heavy (non-hydrogen) atoms. The van der Waals surface area contributed by atoms with Gasteiger partial charge in [0, 0.05) is 23.9 Å². The molecule has 204 valence electrons. The highest BCUT2D eigenvalue weighted by Gasteiger charge is 2.23. The molecule has 0 fully saturated rings. The average Bonchev–Trinajstić information content (AvgIpc) is 3.65. The van der Waals surface area contributed by atoms with Crippen LogP contribution in [-0.4, -0.2) is 54.6 Å². The number of hydrogen-bond acceptors (Lipinski definition) is 9. The van der Waals surface area contributed by atoms with Crippen LogP contribution in [0.4, 0.5) is 0 Å². The molecule has 0 aliphatic heterocycles. The van der Waals surface area contributed by atoms with Crippen LogP contribution in [0, 0.1) is 0 Å². The Morgan fingerprint density at radius 3 is 2.59 bits per heavy atom. The Kier molecular flexibility index (Phi) is 8.71. The van der Waals surface area contributed by atoms with E-state index in [1.807, 2.05) is 0 Å². The van der Waals surface area contributed by atoms with Crippen molar-refractivity contribution >= 4 is 33.2 Å². The van der Waals surface area contributed by atoms with Gasteiger partial charge in [-0.3, -0.25) is 14.8 Å². The van der Waals surface area contributed by atoms with E-state index in [2.05, 4.69) is 20.4 Å². The van der Waals surface area contributed by atoms with E-state index in [4.69, 9.17) is 4.74 Å². The molecule has 4 rings (SSSR count). The lowest BCUT2D eigenvalue weighted by Crippen LogP contribution is -2.32. The molecular formula is C25H26N6O6S2. The van der Waals surface area contributed by atoms with Crippen molar-refractivity contribution in [2.75, 3.05) is 14.2 Å². The molecule has 14 heteroatoms. The van der Waals surface area contributed by atoms with E-state index in [0.29, 0.717) is 16.2 Å². The van der Waals surface area contributed by atoms with Crippen molar-refractivity contribution in [2.45, 2.75) is 23.2 Å². The third kappa shape index (κ3) is 6.67. The second kappa shape index (κ2) is 12.2. The largest absolute Gasteiger partial charge is 0.497 e. The fraction of sp³-hybridized carbons (Fsp3) is 0.200. The van der Waals surface area contributed by atoms with Gasteiger partial charge in [-0.2, -0.15) is 0 Å². The summed E-state index contributed by atoms with van der Waals surface area (Å²) in [6.45, 7) is -0.169. The molecule has 0 bridgehead atoms. The topological polar surface area (TPSA) is 165 Å². The maximum Gasteiger partial charge on any atom is 0.268 e. The number of nitrogens with one attached hydrogen (secondary N) is 3. The fourth-order valence-electron chi connectivity index (χ4n) is 3.73. The van der Waals surface area contributed by atoms with Crippen molar-refractivity contribution in [1.29, 1.82) is 0 Å². The van der Waals surface area contributed by atoms with E-state index in [9.17, 15) is 23.2 Å². The monoisotopic (exact) mass is 570 g/mol. The van der Waals surface area contributed by atoms with E-state index in [1.165, 1.54) is 24.0 Å². The molecule has 2 aromatic heterocycles. The average molecular weight is 571 g/mol. The van der Waals surface area contributed by atoms with Gasteiger partial charge >= 0.3 is 0 Å². The Morgan fingerprint density at radius 1 is 1.13 bits per heavy atom. The van der Waals surface area contributed by atoms with Crippen molar-refractivity contribution in [1.82, 2.24) is 30.5 Å². The molecule has 0 radical (unpaired) electrons. The Balaban J connectivity index is 1.45. The fourth-order valence-corrected chi connectivity index (χ4v) is 6.08. The van der Waals surface area contributed by atoms with Gasteiger partial charge in [0.15, 0.2) is 0 Å². The number of amides is 2. The molecule has 1 atom stereocenters. The Morgan fingerprint density at radius 2 is 1.90 bits per heavy atom. The molecule has 2 aromatic carbocycles. The Labute approximate surface area is 228 Å². The lowest BCUT2D eigenvalue weighted by molar-refractivity contribution is -0.133. The molecule has 0 saturated carbocycles. The first-order valence-electron chi connectivity index (χ1n) is 11.6. The number of carbonyl (C=O) groups excluding carboxylic acids is 2. The zero-order chi connectivity index (χ0) is 28.0. The summed E-state index contributed by atoms with van der Waals surface area (Å²) in [7, 11) is -0.795. The van der Waals surface area contributed by atoms with E-state index in [-0.39, 0.29) is 28.8 Å². The summed E-state index contributed by atoms with van der Waals surface area (Å²) >= 11 is 1.06. The number of ether oxygens (including phenoxy) is 1. The first kappa shape index (κ1) is 27.9. The van der Waals surface area contributed by atoms with Gasteiger partial charge in [-0.25, -0.2) is 23.3 Å². The van der Waals surface area contributed by atoms with Crippen molar-refractivity contribution in [3.8, 4) is 16.2 Å². The SMILES string of the molecule is CNC(=O)c1cccc(-c2ccc(S(=O)(=O)NCc3cn(C(Cc4ccc(OC)cc4)C(=O)NO)nn3)s2)c1. The van der Waals surface area contributed by atoms with Crippen molar-refractivity contribution in [2.24, 2.45) is 0 Å². The minimum atomic E-state index is -3.88. The molecule has 0 saturated heterocycles. The summed E-state index contributed by atoms with van der Waals surface area (Å²) in [6.07, 6.45) is 1.64. The van der Waals surface area contributed by atoms with Crippen LogP contribution in [0.2, 0.25) is 0 Å². The maximum atomic E-state index is 12.9. The van der Waals surface area contributed by atoms with Crippen LogP contribution in [0.1, 0.15) is 27.7 Å². The quantitative estimate of drug-likeness (QED) is 0.157. The number of nitrogens with zero attached hydrogens (tertiary/aromatic N) is 3. The molecular weight excluding hydrogens is 544 g/mol. The van der Waals surface area contributed by atoms with Gasteiger partial charge in [0.05, 0.1) is 25.5 Å². The number of thiophene rings is 1. The lowest BCUT2D eigenvalue weighted by Gasteiger charge is -2.15. The second-order valence-corrected chi connectivity index (χ2v) is 11.4. The number of carbonyl (C=O) groups is 2. The van der Waals surface area contributed by atoms with Crippen LogP contribution < -0.4 is 20.3 Å². The third-order valence-electron chi connectivity index (χ3n) is 5.80. The number of methoxy groups -OCH3 is 1. The summed E-state index contributed by atoms with van der Waals surface area (Å²) in [5.41, 5.74) is 3.89. The standard InChI is InChI=1S/C25H26N6O6S2/c1-26-24(32)18-5-3-4-17(13-18)22-10-11-23(38-22)39(35,36)27-14-19-15-31(30-28-19)21(25(33)29-34)12-16-6-8-20(37-2)9-7-16/h3-11,13,15,21,27,34H,12,14H2,1-2H3,(H,26,32)(H,29,33). The van der Waals surface area contributed by atoms with Crippen molar-refractivity contribution in [3.63, 3.8) is 0 Å². The summed E-state index contributed by atoms with van der Waals surface area (Å²) in [6, 6.07) is 16.2. The first-order valence-corrected chi connectivity index (χ1v) is 13.9. The number of sulfonamides is 1. The van der Waals surface area contributed by atoms with Crippen LogP contribution in [0.5, 0.6) is 5.75 Å². The number of aromatic nitrogens is 3. The summed E-state index contributed by atoms with van der Waals surface area (Å²) in [5.74, 6) is -0.277. The first-order chi connectivity index (χ1) is 18.7. The molecule has 4 aromatic rings. The van der Waals surface area contributed by atoms with Gasteiger partial charge in [0.1, 0.15) is 16.0 Å². The van der Waals surface area contributed by atoms with E-state index < -0.39 is 22.0 Å². The van der Waals surface area contributed by atoms with Gasteiger partial charge in [0.2, 0.25) is 10.0 Å². The Hall–Kier alpha value is -4.11. The molecule has 2 heterocycles. The predicted octanol–water partition coefficient (Wildman–Crippen LogP) is 2.14. The number of hydrogen-bond donors (Lipinski definition) is 4. The van der Waals surface area contributed by atoms with Gasteiger partial charge < -0.3 is 10.1 Å². The van der Waals surface area contributed by atoms with Crippen molar-refractivity contribution in [3.05, 3.63) is 83.7 Å². The minimum absolute atomic E-state index is 0.0901. The highest BCUT2D eigenvalue weighted by Crippen LogP contribution is 2.31. The Bertz CT molecular complexity index is 1570. The van der Waals surface area contributed by atoms with E-state index >= 15 is 0 Å². The lowest BCUT2D eigenvalue weighted by atomic mass is 10.1. The van der Waals surface area contributed by atoms with Gasteiger partial charge in [-0.1, -0.05) is 29.5 Å².